The van der Waals surface area contributed by atoms with Gasteiger partial charge in [0.05, 0.1) is 12.6 Å². The molecule has 0 amide bonds. The number of nitrogens with zero attached hydrogens (tertiary/aromatic N) is 2. The van der Waals surface area contributed by atoms with E-state index in [1.807, 2.05) is 4.90 Å². The molecule has 0 aromatic carbocycles. The molecule has 1 N–H and O–H groups in total. The van der Waals surface area contributed by atoms with E-state index in [1.165, 1.54) is 11.3 Å². The SMILES string of the molecule is CC1CCN(c2nc(Cl)c(C=O)s2)C1CO. The maximum atomic E-state index is 10.7. The Morgan fingerprint density at radius 2 is 2.50 bits per heavy atom. The summed E-state index contributed by atoms with van der Waals surface area (Å²) in [7, 11) is 0. The number of aliphatic hydroxyl groups is 1. The molecule has 1 aliphatic rings. The molecule has 0 spiro atoms. The molecule has 1 aromatic rings. The Bertz CT molecular complexity index is 396. The Morgan fingerprint density at radius 3 is 3.06 bits per heavy atom. The zero-order chi connectivity index (χ0) is 11.7. The van der Waals surface area contributed by atoms with Crippen molar-refractivity contribution >= 4 is 34.4 Å². The first-order chi connectivity index (χ1) is 7.67. The van der Waals surface area contributed by atoms with Crippen LogP contribution in [0.25, 0.3) is 0 Å². The van der Waals surface area contributed by atoms with Crippen LogP contribution in [0.1, 0.15) is 23.0 Å². The zero-order valence-corrected chi connectivity index (χ0v) is 10.5. The van der Waals surface area contributed by atoms with Gasteiger partial charge in [0.1, 0.15) is 4.88 Å². The van der Waals surface area contributed by atoms with Gasteiger partial charge in [-0.2, -0.15) is 0 Å². The van der Waals surface area contributed by atoms with Crippen molar-refractivity contribution in [1.82, 2.24) is 4.98 Å². The molecule has 1 saturated heterocycles. The Labute approximate surface area is 103 Å². The lowest BCUT2D eigenvalue weighted by Gasteiger charge is -2.24. The van der Waals surface area contributed by atoms with Gasteiger partial charge >= 0.3 is 0 Å². The Morgan fingerprint density at radius 1 is 1.75 bits per heavy atom. The number of aromatic nitrogens is 1. The van der Waals surface area contributed by atoms with E-state index >= 15 is 0 Å². The smallest absolute Gasteiger partial charge is 0.187 e. The van der Waals surface area contributed by atoms with Crippen LogP contribution in [0.3, 0.4) is 0 Å². The molecule has 2 unspecified atom stereocenters. The fourth-order valence-corrected chi connectivity index (χ4v) is 3.17. The lowest BCUT2D eigenvalue weighted by molar-refractivity contribution is 0.112. The molecule has 88 valence electrons. The topological polar surface area (TPSA) is 53.4 Å². The van der Waals surface area contributed by atoms with Crippen LogP contribution in [-0.2, 0) is 0 Å². The van der Waals surface area contributed by atoms with Crippen molar-refractivity contribution in [2.75, 3.05) is 18.1 Å². The van der Waals surface area contributed by atoms with Gasteiger partial charge in [-0.15, -0.1) is 0 Å². The predicted molar refractivity (Wildman–Crippen MR) is 64.5 cm³/mol. The van der Waals surface area contributed by atoms with E-state index in [1.54, 1.807) is 0 Å². The quantitative estimate of drug-likeness (QED) is 0.843. The molecule has 2 heterocycles. The first kappa shape index (κ1) is 11.8. The number of aliphatic hydroxyl groups excluding tert-OH is 1. The number of hydrogen-bond acceptors (Lipinski definition) is 5. The summed E-state index contributed by atoms with van der Waals surface area (Å²) in [5, 5.41) is 10.3. The van der Waals surface area contributed by atoms with Gasteiger partial charge in [0.2, 0.25) is 0 Å². The van der Waals surface area contributed by atoms with E-state index in [0.717, 1.165) is 24.4 Å². The van der Waals surface area contributed by atoms with Gasteiger partial charge in [0, 0.05) is 6.54 Å². The van der Waals surface area contributed by atoms with Crippen LogP contribution >= 0.6 is 22.9 Å². The van der Waals surface area contributed by atoms with Gasteiger partial charge in [-0.1, -0.05) is 29.9 Å². The second kappa shape index (κ2) is 4.69. The van der Waals surface area contributed by atoms with Crippen LogP contribution in [0.15, 0.2) is 0 Å². The van der Waals surface area contributed by atoms with Crippen molar-refractivity contribution < 1.29 is 9.90 Å². The summed E-state index contributed by atoms with van der Waals surface area (Å²) in [5.41, 5.74) is 0. The number of halogens is 1. The minimum Gasteiger partial charge on any atom is -0.394 e. The highest BCUT2D eigenvalue weighted by Gasteiger charge is 2.32. The van der Waals surface area contributed by atoms with E-state index in [4.69, 9.17) is 11.6 Å². The van der Waals surface area contributed by atoms with Crippen LogP contribution in [-0.4, -0.2) is 35.6 Å². The molecule has 0 aliphatic carbocycles. The van der Waals surface area contributed by atoms with E-state index < -0.39 is 0 Å². The lowest BCUT2D eigenvalue weighted by Crippen LogP contribution is -2.35. The second-order valence-electron chi connectivity index (χ2n) is 3.98. The second-order valence-corrected chi connectivity index (χ2v) is 5.35. The van der Waals surface area contributed by atoms with E-state index in [0.29, 0.717) is 10.8 Å². The molecule has 1 aromatic heterocycles. The predicted octanol–water partition coefficient (Wildman–Crippen LogP) is 1.82. The molecule has 0 saturated carbocycles. The average Bonchev–Trinajstić information content (AvgIpc) is 2.81. The van der Waals surface area contributed by atoms with Gasteiger partial charge in [-0.25, -0.2) is 4.98 Å². The van der Waals surface area contributed by atoms with Gasteiger partial charge in [0.25, 0.3) is 0 Å². The third-order valence-electron chi connectivity index (χ3n) is 3.02. The van der Waals surface area contributed by atoms with Gasteiger partial charge in [-0.05, 0) is 12.3 Å². The zero-order valence-electron chi connectivity index (χ0n) is 8.89. The first-order valence-corrected chi connectivity index (χ1v) is 6.35. The third kappa shape index (κ3) is 1.95. The monoisotopic (exact) mass is 260 g/mol. The molecule has 0 radical (unpaired) electrons. The number of carbonyl (C=O) groups is 1. The molecular formula is C10H13ClN2O2S. The summed E-state index contributed by atoms with van der Waals surface area (Å²) in [4.78, 5) is 17.3. The fraction of sp³-hybridized carbons (Fsp3) is 0.600. The van der Waals surface area contributed by atoms with Gasteiger partial charge in [-0.3, -0.25) is 4.79 Å². The highest BCUT2D eigenvalue weighted by atomic mass is 35.5. The van der Waals surface area contributed by atoms with Crippen molar-refractivity contribution in [1.29, 1.82) is 0 Å². The van der Waals surface area contributed by atoms with Crippen LogP contribution in [0.5, 0.6) is 0 Å². The van der Waals surface area contributed by atoms with E-state index in [9.17, 15) is 9.90 Å². The summed E-state index contributed by atoms with van der Waals surface area (Å²) >= 11 is 7.11. The summed E-state index contributed by atoms with van der Waals surface area (Å²) in [6, 6.07) is 0.0849. The number of hydrogen-bond donors (Lipinski definition) is 1. The Kier molecular flexibility index (Phi) is 3.47. The molecular weight excluding hydrogens is 248 g/mol. The van der Waals surface area contributed by atoms with Crippen molar-refractivity contribution in [3.8, 4) is 0 Å². The Balaban J connectivity index is 2.26. The lowest BCUT2D eigenvalue weighted by atomic mass is 10.0. The summed E-state index contributed by atoms with van der Waals surface area (Å²) in [6.07, 6.45) is 1.75. The summed E-state index contributed by atoms with van der Waals surface area (Å²) in [6.45, 7) is 3.07. The first-order valence-electron chi connectivity index (χ1n) is 5.16. The summed E-state index contributed by atoms with van der Waals surface area (Å²) < 4.78 is 0. The van der Waals surface area contributed by atoms with Crippen molar-refractivity contribution in [2.45, 2.75) is 19.4 Å². The normalized spacial score (nSPS) is 25.1. The number of anilines is 1. The minimum atomic E-state index is 0.0849. The molecule has 0 bridgehead atoms. The van der Waals surface area contributed by atoms with Crippen LogP contribution < -0.4 is 4.90 Å². The van der Waals surface area contributed by atoms with Gasteiger partial charge in [0.15, 0.2) is 16.6 Å². The highest BCUT2D eigenvalue weighted by Crippen LogP contribution is 2.34. The Hall–Kier alpha value is -0.650. The fourth-order valence-electron chi connectivity index (χ4n) is 2.02. The number of rotatable bonds is 3. The molecule has 1 fully saturated rings. The van der Waals surface area contributed by atoms with Crippen LogP contribution in [0, 0.1) is 5.92 Å². The molecule has 1 aliphatic heterocycles. The van der Waals surface area contributed by atoms with Crippen LogP contribution in [0.4, 0.5) is 5.13 Å². The molecule has 4 nitrogen and oxygen atoms in total. The molecule has 2 rings (SSSR count). The maximum Gasteiger partial charge on any atom is 0.187 e. The van der Waals surface area contributed by atoms with Crippen LogP contribution in [0.2, 0.25) is 5.15 Å². The number of thiazole rings is 1. The molecule has 6 heteroatoms. The largest absolute Gasteiger partial charge is 0.394 e. The average molecular weight is 261 g/mol. The van der Waals surface area contributed by atoms with E-state index in [-0.39, 0.29) is 17.8 Å². The van der Waals surface area contributed by atoms with Crippen molar-refractivity contribution in [3.05, 3.63) is 10.0 Å². The number of aldehydes is 1. The standard InChI is InChI=1S/C10H13ClN2O2S/c1-6-2-3-13(7(6)4-14)10-12-9(11)8(5-15)16-10/h5-7,14H,2-4H2,1H3. The summed E-state index contributed by atoms with van der Waals surface area (Å²) in [5.74, 6) is 0.437. The molecule has 2 atom stereocenters. The van der Waals surface area contributed by atoms with Gasteiger partial charge < -0.3 is 10.0 Å². The minimum absolute atomic E-state index is 0.0849. The number of carbonyl (C=O) groups excluding carboxylic acids is 1. The molecule has 16 heavy (non-hydrogen) atoms. The highest BCUT2D eigenvalue weighted by molar-refractivity contribution is 7.17. The maximum absolute atomic E-state index is 10.7. The van der Waals surface area contributed by atoms with E-state index in [2.05, 4.69) is 11.9 Å². The van der Waals surface area contributed by atoms with Crippen molar-refractivity contribution in [2.24, 2.45) is 5.92 Å². The van der Waals surface area contributed by atoms with Crippen molar-refractivity contribution in [3.63, 3.8) is 0 Å². The third-order valence-corrected chi connectivity index (χ3v) is 4.44.